The molecule has 1 atom stereocenters. The Morgan fingerprint density at radius 2 is 1.89 bits per heavy atom. The molecule has 2 heterocycles. The molecule has 1 aromatic heterocycles. The van der Waals surface area contributed by atoms with E-state index in [1.807, 2.05) is 6.07 Å². The van der Waals surface area contributed by atoms with Crippen LogP contribution in [0.5, 0.6) is 0 Å². The maximum atomic E-state index is 12.7. The number of aliphatic hydroxyl groups excluding tert-OH is 1. The Bertz CT molecular complexity index is 994. The van der Waals surface area contributed by atoms with Gasteiger partial charge in [-0.3, -0.25) is 14.6 Å². The molecule has 1 saturated carbocycles. The summed E-state index contributed by atoms with van der Waals surface area (Å²) in [5.41, 5.74) is 2.97. The normalized spacial score (nSPS) is 20.2. The minimum atomic E-state index is -0.653. The van der Waals surface area contributed by atoms with E-state index in [2.05, 4.69) is 48.6 Å². The molecule has 1 aliphatic carbocycles. The number of benzene rings is 1. The van der Waals surface area contributed by atoms with Crippen LogP contribution in [-0.2, 0) is 22.4 Å². The molecule has 0 radical (unpaired) electrons. The SMILES string of the molecule is COCCN(CCOC)C1CC(Nc2cc(C(=O)NCC(O)CN3CCc4ccccc4C3)ncn2)C1. The van der Waals surface area contributed by atoms with E-state index < -0.39 is 6.10 Å². The zero-order chi connectivity index (χ0) is 26.0. The average Bonchev–Trinajstić information content (AvgIpc) is 2.90. The van der Waals surface area contributed by atoms with Crippen molar-refractivity contribution in [2.75, 3.05) is 65.5 Å². The van der Waals surface area contributed by atoms with Crippen molar-refractivity contribution in [3.8, 4) is 0 Å². The number of aromatic nitrogens is 2. The van der Waals surface area contributed by atoms with Crippen molar-refractivity contribution in [2.45, 2.75) is 44.0 Å². The first kappa shape index (κ1) is 27.4. The molecule has 0 spiro atoms. The molecule has 1 unspecified atom stereocenters. The molecule has 1 aliphatic heterocycles. The standard InChI is InChI=1S/C27H40N6O4/c1-36-11-9-33(10-12-37-2)23-13-22(14-23)31-26-15-25(29-19-30-26)27(35)28-16-24(34)18-32-8-7-20-5-3-4-6-21(20)17-32/h3-6,15,19,22-24,34H,7-14,16-18H2,1-2H3,(H,28,35)(H,29,30,31). The van der Waals surface area contributed by atoms with E-state index in [1.54, 1.807) is 20.3 Å². The molecule has 10 nitrogen and oxygen atoms in total. The first-order valence-corrected chi connectivity index (χ1v) is 13.1. The van der Waals surface area contributed by atoms with Crippen LogP contribution >= 0.6 is 0 Å². The van der Waals surface area contributed by atoms with Gasteiger partial charge < -0.3 is 25.2 Å². The number of aliphatic hydroxyl groups is 1. The molecular weight excluding hydrogens is 472 g/mol. The van der Waals surface area contributed by atoms with Crippen molar-refractivity contribution in [3.05, 3.63) is 53.5 Å². The first-order valence-electron chi connectivity index (χ1n) is 13.1. The van der Waals surface area contributed by atoms with E-state index in [9.17, 15) is 9.90 Å². The molecule has 4 rings (SSSR count). The van der Waals surface area contributed by atoms with Gasteiger partial charge in [-0.25, -0.2) is 9.97 Å². The average molecular weight is 513 g/mol. The first-order chi connectivity index (χ1) is 18.1. The summed E-state index contributed by atoms with van der Waals surface area (Å²) in [6.45, 7) is 5.57. The Morgan fingerprint density at radius 1 is 1.16 bits per heavy atom. The van der Waals surface area contributed by atoms with Gasteiger partial charge in [0.05, 0.1) is 19.3 Å². The van der Waals surface area contributed by atoms with Crippen LogP contribution in [0.4, 0.5) is 5.82 Å². The molecule has 1 fully saturated rings. The van der Waals surface area contributed by atoms with E-state index >= 15 is 0 Å². The number of hydrogen-bond donors (Lipinski definition) is 3. The van der Waals surface area contributed by atoms with Crippen LogP contribution < -0.4 is 10.6 Å². The molecule has 37 heavy (non-hydrogen) atoms. The van der Waals surface area contributed by atoms with Gasteiger partial charge >= 0.3 is 0 Å². The highest BCUT2D eigenvalue weighted by Crippen LogP contribution is 2.28. The minimum absolute atomic E-state index is 0.173. The van der Waals surface area contributed by atoms with Crippen LogP contribution in [0.1, 0.15) is 34.5 Å². The lowest BCUT2D eigenvalue weighted by atomic mass is 9.85. The van der Waals surface area contributed by atoms with E-state index in [0.29, 0.717) is 37.7 Å². The second-order valence-electron chi connectivity index (χ2n) is 9.89. The number of fused-ring (bicyclic) bond motifs is 1. The zero-order valence-electron chi connectivity index (χ0n) is 21.9. The number of nitrogens with zero attached hydrogens (tertiary/aromatic N) is 4. The lowest BCUT2D eigenvalue weighted by molar-refractivity contribution is 0.0546. The van der Waals surface area contributed by atoms with E-state index in [0.717, 1.165) is 45.4 Å². The molecule has 1 aromatic carbocycles. The summed E-state index contributed by atoms with van der Waals surface area (Å²) < 4.78 is 10.5. The maximum Gasteiger partial charge on any atom is 0.270 e. The Kier molecular flexibility index (Phi) is 10.2. The summed E-state index contributed by atoms with van der Waals surface area (Å²) in [5, 5.41) is 16.7. The Morgan fingerprint density at radius 3 is 2.62 bits per heavy atom. The minimum Gasteiger partial charge on any atom is -0.390 e. The molecule has 0 bridgehead atoms. The predicted molar refractivity (Wildman–Crippen MR) is 142 cm³/mol. The fourth-order valence-electron chi connectivity index (χ4n) is 5.04. The lowest BCUT2D eigenvalue weighted by Gasteiger charge is -2.43. The van der Waals surface area contributed by atoms with Gasteiger partial charge in [0.15, 0.2) is 0 Å². The predicted octanol–water partition coefficient (Wildman–Crippen LogP) is 1.16. The van der Waals surface area contributed by atoms with Crippen LogP contribution in [0.15, 0.2) is 36.7 Å². The molecule has 202 valence electrons. The molecule has 0 saturated heterocycles. The van der Waals surface area contributed by atoms with Crippen molar-refractivity contribution < 1.29 is 19.4 Å². The Balaban J connectivity index is 1.20. The number of nitrogens with one attached hydrogen (secondary N) is 2. The van der Waals surface area contributed by atoms with Crippen molar-refractivity contribution in [1.82, 2.24) is 25.1 Å². The van der Waals surface area contributed by atoms with Crippen molar-refractivity contribution in [2.24, 2.45) is 0 Å². The van der Waals surface area contributed by atoms with Crippen LogP contribution in [0, 0.1) is 0 Å². The van der Waals surface area contributed by atoms with Crippen LogP contribution in [0.2, 0.25) is 0 Å². The second-order valence-corrected chi connectivity index (χ2v) is 9.89. The lowest BCUT2D eigenvalue weighted by Crippen LogP contribution is -2.51. The third-order valence-corrected chi connectivity index (χ3v) is 7.22. The van der Waals surface area contributed by atoms with Crippen LogP contribution in [-0.4, -0.2) is 109 Å². The number of β-amino-alcohol motifs (C(OH)–C–C–N with tert-alkyl or cyclic N) is 1. The number of amides is 1. The number of carbonyl (C=O) groups excluding carboxylic acids is 1. The van der Waals surface area contributed by atoms with E-state index in [1.165, 1.54) is 17.5 Å². The van der Waals surface area contributed by atoms with Gasteiger partial charge in [0.2, 0.25) is 0 Å². The topological polar surface area (TPSA) is 112 Å². The number of anilines is 1. The quantitative estimate of drug-likeness (QED) is 0.343. The molecule has 2 aliphatic rings. The third kappa shape index (κ3) is 7.93. The highest BCUT2D eigenvalue weighted by Gasteiger charge is 2.33. The summed E-state index contributed by atoms with van der Waals surface area (Å²) >= 11 is 0. The summed E-state index contributed by atoms with van der Waals surface area (Å²) in [6, 6.07) is 10.9. The van der Waals surface area contributed by atoms with Gasteiger partial charge in [0.1, 0.15) is 17.8 Å². The fourth-order valence-corrected chi connectivity index (χ4v) is 5.04. The number of carbonyl (C=O) groups is 1. The number of methoxy groups -OCH3 is 2. The third-order valence-electron chi connectivity index (χ3n) is 7.22. The van der Waals surface area contributed by atoms with Crippen molar-refractivity contribution in [1.29, 1.82) is 0 Å². The zero-order valence-corrected chi connectivity index (χ0v) is 21.9. The maximum absolute atomic E-state index is 12.7. The fraction of sp³-hybridized carbons (Fsp3) is 0.593. The Labute approximate surface area is 219 Å². The van der Waals surface area contributed by atoms with Crippen LogP contribution in [0.3, 0.4) is 0 Å². The van der Waals surface area contributed by atoms with Gasteiger partial charge in [-0.05, 0) is 30.4 Å². The molecule has 2 aromatic rings. The van der Waals surface area contributed by atoms with Gasteiger partial charge in [-0.2, -0.15) is 0 Å². The Hall–Kier alpha value is -2.63. The largest absolute Gasteiger partial charge is 0.390 e. The molecule has 10 heteroatoms. The number of rotatable bonds is 14. The van der Waals surface area contributed by atoms with Crippen LogP contribution in [0.25, 0.3) is 0 Å². The number of ether oxygens (including phenoxy) is 2. The summed E-state index contributed by atoms with van der Waals surface area (Å²) in [5.74, 6) is 0.321. The van der Waals surface area contributed by atoms with Crippen molar-refractivity contribution in [3.63, 3.8) is 0 Å². The van der Waals surface area contributed by atoms with Gasteiger partial charge in [0.25, 0.3) is 5.91 Å². The number of hydrogen-bond acceptors (Lipinski definition) is 9. The van der Waals surface area contributed by atoms with Gasteiger partial charge in [0, 0.05) is 71.6 Å². The summed E-state index contributed by atoms with van der Waals surface area (Å²) in [7, 11) is 3.44. The smallest absolute Gasteiger partial charge is 0.270 e. The molecule has 3 N–H and O–H groups in total. The highest BCUT2D eigenvalue weighted by atomic mass is 16.5. The molecular formula is C27H40N6O4. The monoisotopic (exact) mass is 512 g/mol. The summed E-state index contributed by atoms with van der Waals surface area (Å²) in [4.78, 5) is 25.7. The highest BCUT2D eigenvalue weighted by molar-refractivity contribution is 5.92. The summed E-state index contributed by atoms with van der Waals surface area (Å²) in [6.07, 6.45) is 3.71. The molecule has 1 amide bonds. The van der Waals surface area contributed by atoms with E-state index in [4.69, 9.17) is 9.47 Å². The second kappa shape index (κ2) is 13.8. The van der Waals surface area contributed by atoms with Gasteiger partial charge in [-0.15, -0.1) is 0 Å². The van der Waals surface area contributed by atoms with E-state index in [-0.39, 0.29) is 18.1 Å². The van der Waals surface area contributed by atoms with Gasteiger partial charge in [-0.1, -0.05) is 24.3 Å². The van der Waals surface area contributed by atoms with Crippen molar-refractivity contribution >= 4 is 11.7 Å².